The number of amides is 1. The average molecular weight is 322 g/mol. The smallest absolute Gasteiger partial charge is 0.254 e. The number of nitrogens with zero attached hydrogens (tertiary/aromatic N) is 2. The number of carbonyl (C=O) groups is 1. The molecular weight excluding hydrogens is 306 g/mol. The number of hydrogen-bond donors (Lipinski definition) is 1. The Morgan fingerprint density at radius 2 is 2.26 bits per heavy atom. The molecule has 1 aliphatic rings. The van der Waals surface area contributed by atoms with Crippen LogP contribution in [0, 0.1) is 18.3 Å². The summed E-state index contributed by atoms with van der Waals surface area (Å²) < 4.78 is 0.801. The number of rotatable bonds is 4. The highest BCUT2D eigenvalue weighted by Crippen LogP contribution is 2.30. The fraction of sp³-hybridized carbons (Fsp3) is 0.429. The SMILES string of the molecule is Cc1c(N)cc(Br)cc1C(=O)N(CCC#N)C1CC1. The summed E-state index contributed by atoms with van der Waals surface area (Å²) in [5.41, 5.74) is 7.93. The van der Waals surface area contributed by atoms with Crippen molar-refractivity contribution >= 4 is 27.5 Å². The van der Waals surface area contributed by atoms with E-state index in [1.807, 2.05) is 6.92 Å². The molecule has 19 heavy (non-hydrogen) atoms. The van der Waals surface area contributed by atoms with Crippen LogP contribution in [0.4, 0.5) is 5.69 Å². The van der Waals surface area contributed by atoms with E-state index >= 15 is 0 Å². The Balaban J connectivity index is 2.29. The first-order valence-corrected chi connectivity index (χ1v) is 7.07. The first kappa shape index (κ1) is 13.9. The molecule has 1 aliphatic carbocycles. The van der Waals surface area contributed by atoms with Crippen LogP contribution >= 0.6 is 15.9 Å². The summed E-state index contributed by atoms with van der Waals surface area (Å²) >= 11 is 3.37. The molecule has 0 saturated heterocycles. The lowest BCUT2D eigenvalue weighted by Crippen LogP contribution is -2.34. The molecule has 0 atom stereocenters. The Kier molecular flexibility index (Phi) is 4.11. The van der Waals surface area contributed by atoms with Gasteiger partial charge in [0, 0.05) is 28.3 Å². The molecule has 2 rings (SSSR count). The van der Waals surface area contributed by atoms with Crippen LogP contribution in [0.25, 0.3) is 0 Å². The molecule has 1 fully saturated rings. The molecule has 1 aromatic rings. The van der Waals surface area contributed by atoms with E-state index in [9.17, 15) is 4.79 Å². The number of benzene rings is 1. The first-order valence-electron chi connectivity index (χ1n) is 6.28. The van der Waals surface area contributed by atoms with Gasteiger partial charge >= 0.3 is 0 Å². The first-order chi connectivity index (χ1) is 9.04. The fourth-order valence-electron chi connectivity index (χ4n) is 2.08. The number of carbonyl (C=O) groups excluding carboxylic acids is 1. The third-order valence-corrected chi connectivity index (χ3v) is 3.81. The fourth-order valence-corrected chi connectivity index (χ4v) is 2.56. The number of nitriles is 1. The second kappa shape index (κ2) is 5.62. The minimum Gasteiger partial charge on any atom is -0.398 e. The van der Waals surface area contributed by atoms with Crippen molar-refractivity contribution in [3.63, 3.8) is 0 Å². The van der Waals surface area contributed by atoms with Crippen molar-refractivity contribution < 1.29 is 4.79 Å². The Hall–Kier alpha value is -1.54. The van der Waals surface area contributed by atoms with E-state index in [-0.39, 0.29) is 5.91 Å². The summed E-state index contributed by atoms with van der Waals surface area (Å²) in [4.78, 5) is 14.4. The minimum atomic E-state index is -0.0248. The van der Waals surface area contributed by atoms with Crippen LogP contribution < -0.4 is 5.73 Å². The Morgan fingerprint density at radius 1 is 1.58 bits per heavy atom. The Bertz CT molecular complexity index is 546. The largest absolute Gasteiger partial charge is 0.398 e. The predicted octanol–water partition coefficient (Wildman–Crippen LogP) is 2.86. The summed E-state index contributed by atoms with van der Waals surface area (Å²) in [5, 5.41) is 8.70. The van der Waals surface area contributed by atoms with E-state index in [1.165, 1.54) is 0 Å². The number of nitrogen functional groups attached to an aromatic ring is 1. The van der Waals surface area contributed by atoms with Crippen molar-refractivity contribution in [3.8, 4) is 6.07 Å². The van der Waals surface area contributed by atoms with Crippen LogP contribution in [0.2, 0.25) is 0 Å². The second-order valence-electron chi connectivity index (χ2n) is 4.81. The molecule has 0 bridgehead atoms. The number of hydrogen-bond acceptors (Lipinski definition) is 3. The molecule has 0 aliphatic heterocycles. The standard InChI is InChI=1S/C14H16BrN3O/c1-9-12(7-10(15)8-13(9)17)14(19)18(6-2-5-16)11-3-4-11/h7-8,11H,2-4,6,17H2,1H3. The highest BCUT2D eigenvalue weighted by molar-refractivity contribution is 9.10. The van der Waals surface area contributed by atoms with Crippen LogP contribution in [0.1, 0.15) is 35.2 Å². The highest BCUT2D eigenvalue weighted by Gasteiger charge is 2.33. The van der Waals surface area contributed by atoms with Crippen molar-refractivity contribution in [2.45, 2.75) is 32.2 Å². The quantitative estimate of drug-likeness (QED) is 0.867. The van der Waals surface area contributed by atoms with Gasteiger partial charge in [-0.3, -0.25) is 4.79 Å². The second-order valence-corrected chi connectivity index (χ2v) is 5.72. The Labute approximate surface area is 121 Å². The molecular formula is C14H16BrN3O. The molecule has 0 aromatic heterocycles. The van der Waals surface area contributed by atoms with Gasteiger partial charge in [-0.1, -0.05) is 15.9 Å². The van der Waals surface area contributed by atoms with E-state index < -0.39 is 0 Å². The molecule has 0 radical (unpaired) electrons. The van der Waals surface area contributed by atoms with E-state index in [0.717, 1.165) is 22.9 Å². The third kappa shape index (κ3) is 3.07. The van der Waals surface area contributed by atoms with Crippen molar-refractivity contribution in [2.75, 3.05) is 12.3 Å². The molecule has 0 heterocycles. The van der Waals surface area contributed by atoms with Gasteiger partial charge in [0.05, 0.1) is 12.5 Å². The Morgan fingerprint density at radius 3 is 2.84 bits per heavy atom. The van der Waals surface area contributed by atoms with Gasteiger partial charge in [0.15, 0.2) is 0 Å². The van der Waals surface area contributed by atoms with Gasteiger partial charge in [-0.25, -0.2) is 0 Å². The molecule has 1 saturated carbocycles. The van der Waals surface area contributed by atoms with Gasteiger partial charge in [0.25, 0.3) is 5.91 Å². The van der Waals surface area contributed by atoms with Crippen molar-refractivity contribution in [2.24, 2.45) is 0 Å². The molecule has 1 amide bonds. The van der Waals surface area contributed by atoms with E-state index in [1.54, 1.807) is 17.0 Å². The lowest BCUT2D eigenvalue weighted by Gasteiger charge is -2.22. The molecule has 2 N–H and O–H groups in total. The molecule has 0 spiro atoms. The summed E-state index contributed by atoms with van der Waals surface area (Å²) in [6.07, 6.45) is 2.42. The van der Waals surface area contributed by atoms with Gasteiger partial charge in [-0.05, 0) is 37.5 Å². The summed E-state index contributed by atoms with van der Waals surface area (Å²) in [6.45, 7) is 2.34. The molecule has 4 nitrogen and oxygen atoms in total. The molecule has 100 valence electrons. The predicted molar refractivity (Wildman–Crippen MR) is 77.6 cm³/mol. The molecule has 5 heteroatoms. The van der Waals surface area contributed by atoms with Crippen LogP contribution in [0.5, 0.6) is 0 Å². The number of nitrogens with two attached hydrogens (primary N) is 1. The summed E-state index contributed by atoms with van der Waals surface area (Å²) in [7, 11) is 0. The molecule has 0 unspecified atom stereocenters. The zero-order chi connectivity index (χ0) is 14.0. The van der Waals surface area contributed by atoms with E-state index in [0.29, 0.717) is 30.3 Å². The zero-order valence-electron chi connectivity index (χ0n) is 10.8. The van der Waals surface area contributed by atoms with Crippen LogP contribution in [0.15, 0.2) is 16.6 Å². The van der Waals surface area contributed by atoms with Crippen molar-refractivity contribution in [1.29, 1.82) is 5.26 Å². The van der Waals surface area contributed by atoms with Gasteiger partial charge < -0.3 is 10.6 Å². The van der Waals surface area contributed by atoms with E-state index in [4.69, 9.17) is 11.0 Å². The number of halogens is 1. The van der Waals surface area contributed by atoms with Gasteiger partial charge in [0.2, 0.25) is 0 Å². The topological polar surface area (TPSA) is 70.1 Å². The third-order valence-electron chi connectivity index (χ3n) is 3.36. The lowest BCUT2D eigenvalue weighted by molar-refractivity contribution is 0.0746. The maximum atomic E-state index is 12.6. The van der Waals surface area contributed by atoms with Gasteiger partial charge in [0.1, 0.15) is 0 Å². The lowest BCUT2D eigenvalue weighted by atomic mass is 10.1. The maximum Gasteiger partial charge on any atom is 0.254 e. The van der Waals surface area contributed by atoms with Gasteiger partial charge in [-0.2, -0.15) is 5.26 Å². The zero-order valence-corrected chi connectivity index (χ0v) is 12.4. The normalized spacial score (nSPS) is 13.9. The van der Waals surface area contributed by atoms with Crippen LogP contribution in [-0.2, 0) is 0 Å². The summed E-state index contributed by atoms with van der Waals surface area (Å²) in [5.74, 6) is -0.0248. The van der Waals surface area contributed by atoms with E-state index in [2.05, 4.69) is 22.0 Å². The van der Waals surface area contributed by atoms with Crippen LogP contribution in [-0.4, -0.2) is 23.4 Å². The number of anilines is 1. The highest BCUT2D eigenvalue weighted by atomic mass is 79.9. The van der Waals surface area contributed by atoms with Crippen molar-refractivity contribution in [1.82, 2.24) is 4.90 Å². The van der Waals surface area contributed by atoms with Crippen LogP contribution in [0.3, 0.4) is 0 Å². The maximum absolute atomic E-state index is 12.6. The average Bonchev–Trinajstić information content (AvgIpc) is 3.18. The summed E-state index contributed by atoms with van der Waals surface area (Å²) in [6, 6.07) is 5.98. The van der Waals surface area contributed by atoms with Crippen molar-refractivity contribution in [3.05, 3.63) is 27.7 Å². The molecule has 1 aromatic carbocycles. The minimum absolute atomic E-state index is 0.0248. The van der Waals surface area contributed by atoms with Gasteiger partial charge in [-0.15, -0.1) is 0 Å². The monoisotopic (exact) mass is 321 g/mol.